The molecule has 0 rings (SSSR count). The van der Waals surface area contributed by atoms with Crippen LogP contribution in [0.2, 0.25) is 0 Å². The molecular formula is C7H13NO3. The van der Waals surface area contributed by atoms with Crippen molar-refractivity contribution in [3.63, 3.8) is 0 Å². The fourth-order valence-electron chi connectivity index (χ4n) is 0.855. The van der Waals surface area contributed by atoms with E-state index < -0.39 is 12.0 Å². The van der Waals surface area contributed by atoms with Crippen molar-refractivity contribution >= 4 is 11.8 Å². The van der Waals surface area contributed by atoms with E-state index in [9.17, 15) is 9.59 Å². The monoisotopic (exact) mass is 159 g/mol. The van der Waals surface area contributed by atoms with E-state index in [0.717, 1.165) is 0 Å². The van der Waals surface area contributed by atoms with E-state index >= 15 is 0 Å². The van der Waals surface area contributed by atoms with Gasteiger partial charge in [-0.25, -0.2) is 0 Å². The Bertz CT molecular complexity index is 165. The average molecular weight is 159 g/mol. The number of nitrogens with zero attached hydrogens (tertiary/aromatic N) is 1. The van der Waals surface area contributed by atoms with Gasteiger partial charge in [0.1, 0.15) is 5.78 Å². The standard InChI is InChI=1S/C7H13NO3/c1-5(9)6(8(2)3)4-7(10)11/h6H,4H2,1-3H3,(H,10,11). The fraction of sp³-hybridized carbons (Fsp3) is 0.714. The number of carbonyl (C=O) groups excluding carboxylic acids is 1. The van der Waals surface area contributed by atoms with Gasteiger partial charge in [-0.05, 0) is 21.0 Å². The van der Waals surface area contributed by atoms with E-state index in [0.29, 0.717) is 0 Å². The van der Waals surface area contributed by atoms with Gasteiger partial charge in [-0.3, -0.25) is 14.5 Å². The summed E-state index contributed by atoms with van der Waals surface area (Å²) < 4.78 is 0. The van der Waals surface area contributed by atoms with Gasteiger partial charge in [0.25, 0.3) is 0 Å². The van der Waals surface area contributed by atoms with Crippen LogP contribution in [0.3, 0.4) is 0 Å². The highest BCUT2D eigenvalue weighted by Crippen LogP contribution is 2.00. The minimum atomic E-state index is -0.945. The van der Waals surface area contributed by atoms with Crippen LogP contribution in [-0.2, 0) is 9.59 Å². The van der Waals surface area contributed by atoms with E-state index in [1.165, 1.54) is 6.92 Å². The van der Waals surface area contributed by atoms with Gasteiger partial charge >= 0.3 is 5.97 Å². The zero-order chi connectivity index (χ0) is 9.02. The third kappa shape index (κ3) is 3.72. The maximum absolute atomic E-state index is 10.8. The largest absolute Gasteiger partial charge is 0.481 e. The number of hydrogen-bond acceptors (Lipinski definition) is 3. The molecule has 0 fully saturated rings. The first-order valence-electron chi connectivity index (χ1n) is 3.33. The van der Waals surface area contributed by atoms with Gasteiger partial charge in [0.05, 0.1) is 12.5 Å². The van der Waals surface area contributed by atoms with Crippen molar-refractivity contribution in [3.8, 4) is 0 Å². The van der Waals surface area contributed by atoms with Gasteiger partial charge in [0.15, 0.2) is 0 Å². The van der Waals surface area contributed by atoms with Crippen LogP contribution in [0.1, 0.15) is 13.3 Å². The van der Waals surface area contributed by atoms with E-state index in [2.05, 4.69) is 0 Å². The predicted octanol–water partition coefficient (Wildman–Crippen LogP) is -0.0197. The van der Waals surface area contributed by atoms with Crippen molar-refractivity contribution in [1.29, 1.82) is 0 Å². The van der Waals surface area contributed by atoms with Crippen molar-refractivity contribution in [2.45, 2.75) is 19.4 Å². The molecule has 0 bridgehead atoms. The molecule has 1 atom stereocenters. The van der Waals surface area contributed by atoms with E-state index in [1.54, 1.807) is 19.0 Å². The summed E-state index contributed by atoms with van der Waals surface area (Å²) in [6, 6.07) is -0.493. The Balaban J connectivity index is 4.12. The topological polar surface area (TPSA) is 57.6 Å². The van der Waals surface area contributed by atoms with Crippen molar-refractivity contribution in [2.75, 3.05) is 14.1 Å². The Hall–Kier alpha value is -0.900. The number of hydrogen-bond donors (Lipinski definition) is 1. The van der Waals surface area contributed by atoms with Crippen LogP contribution in [0, 0.1) is 0 Å². The van der Waals surface area contributed by atoms with Gasteiger partial charge in [-0.15, -0.1) is 0 Å². The molecule has 0 saturated carbocycles. The Labute approximate surface area is 65.8 Å². The zero-order valence-electron chi connectivity index (χ0n) is 7.00. The summed E-state index contributed by atoms with van der Waals surface area (Å²) in [6.07, 6.45) is -0.123. The van der Waals surface area contributed by atoms with Crippen LogP contribution in [-0.4, -0.2) is 41.9 Å². The Kier molecular flexibility index (Phi) is 3.74. The Morgan fingerprint density at radius 1 is 1.45 bits per heavy atom. The third-order valence-electron chi connectivity index (χ3n) is 1.46. The SMILES string of the molecule is CC(=O)C(CC(=O)O)N(C)C. The Morgan fingerprint density at radius 2 is 1.91 bits per heavy atom. The van der Waals surface area contributed by atoms with Crippen molar-refractivity contribution in [3.05, 3.63) is 0 Å². The first-order chi connectivity index (χ1) is 4.95. The van der Waals surface area contributed by atoms with Crippen LogP contribution in [0.4, 0.5) is 0 Å². The summed E-state index contributed by atoms with van der Waals surface area (Å²) in [5, 5.41) is 8.40. The molecule has 1 unspecified atom stereocenters. The maximum atomic E-state index is 10.8. The molecule has 1 N–H and O–H groups in total. The molecule has 11 heavy (non-hydrogen) atoms. The van der Waals surface area contributed by atoms with Crippen LogP contribution >= 0.6 is 0 Å². The van der Waals surface area contributed by atoms with E-state index in [1.807, 2.05) is 0 Å². The molecule has 64 valence electrons. The lowest BCUT2D eigenvalue weighted by Gasteiger charge is -2.18. The molecule has 0 aliphatic carbocycles. The summed E-state index contributed by atoms with van der Waals surface area (Å²) in [4.78, 5) is 22.7. The molecule has 0 aromatic heterocycles. The first-order valence-corrected chi connectivity index (χ1v) is 3.33. The Morgan fingerprint density at radius 3 is 2.00 bits per heavy atom. The van der Waals surface area contributed by atoms with Crippen molar-refractivity contribution in [1.82, 2.24) is 4.90 Å². The molecule has 0 aliphatic heterocycles. The maximum Gasteiger partial charge on any atom is 0.305 e. The average Bonchev–Trinajstić information content (AvgIpc) is 1.81. The zero-order valence-corrected chi connectivity index (χ0v) is 7.00. The molecule has 0 radical (unpaired) electrons. The summed E-state index contributed by atoms with van der Waals surface area (Å²) in [5.74, 6) is -1.06. The van der Waals surface area contributed by atoms with Crippen molar-refractivity contribution in [2.24, 2.45) is 0 Å². The molecule has 0 aromatic carbocycles. The summed E-state index contributed by atoms with van der Waals surface area (Å²) >= 11 is 0. The van der Waals surface area contributed by atoms with Gasteiger partial charge in [0, 0.05) is 0 Å². The second-order valence-corrected chi connectivity index (χ2v) is 2.69. The van der Waals surface area contributed by atoms with Gasteiger partial charge in [0.2, 0.25) is 0 Å². The smallest absolute Gasteiger partial charge is 0.305 e. The van der Waals surface area contributed by atoms with E-state index in [4.69, 9.17) is 5.11 Å². The molecular weight excluding hydrogens is 146 g/mol. The van der Waals surface area contributed by atoms with Crippen LogP contribution in [0.5, 0.6) is 0 Å². The first kappa shape index (κ1) is 10.1. The van der Waals surface area contributed by atoms with Crippen LogP contribution in [0.25, 0.3) is 0 Å². The second kappa shape index (κ2) is 4.08. The van der Waals surface area contributed by atoms with Gasteiger partial charge in [-0.2, -0.15) is 0 Å². The number of likely N-dealkylation sites (N-methyl/N-ethyl adjacent to an activating group) is 1. The number of carboxylic acids is 1. The lowest BCUT2D eigenvalue weighted by Crippen LogP contribution is -2.36. The lowest BCUT2D eigenvalue weighted by molar-refractivity contribution is -0.140. The minimum Gasteiger partial charge on any atom is -0.481 e. The number of carboxylic acid groups (broad SMARTS) is 1. The molecule has 0 saturated heterocycles. The van der Waals surface area contributed by atoms with Crippen molar-refractivity contribution < 1.29 is 14.7 Å². The highest BCUT2D eigenvalue weighted by atomic mass is 16.4. The molecule has 4 heteroatoms. The van der Waals surface area contributed by atoms with Gasteiger partial charge < -0.3 is 5.11 Å². The predicted molar refractivity (Wildman–Crippen MR) is 40.4 cm³/mol. The fourth-order valence-corrected chi connectivity index (χ4v) is 0.855. The molecule has 4 nitrogen and oxygen atoms in total. The molecule has 0 aliphatic rings. The number of Topliss-reactive ketones (excluding diaryl/α,β-unsaturated/α-hetero) is 1. The number of ketones is 1. The summed E-state index contributed by atoms with van der Waals surface area (Å²) in [7, 11) is 3.38. The van der Waals surface area contributed by atoms with Crippen LogP contribution in [0.15, 0.2) is 0 Å². The quantitative estimate of drug-likeness (QED) is 0.626. The normalized spacial score (nSPS) is 13.1. The molecule has 0 amide bonds. The number of carbonyl (C=O) groups is 2. The third-order valence-corrected chi connectivity index (χ3v) is 1.46. The highest BCUT2D eigenvalue weighted by Gasteiger charge is 2.19. The van der Waals surface area contributed by atoms with E-state index in [-0.39, 0.29) is 12.2 Å². The number of aliphatic carboxylic acids is 1. The molecule has 0 spiro atoms. The summed E-state index contributed by atoms with van der Waals surface area (Å²) in [5.41, 5.74) is 0. The minimum absolute atomic E-state index is 0.114. The highest BCUT2D eigenvalue weighted by molar-refractivity contribution is 5.85. The van der Waals surface area contributed by atoms with Gasteiger partial charge in [-0.1, -0.05) is 0 Å². The number of rotatable bonds is 4. The summed E-state index contributed by atoms with van der Waals surface area (Å²) in [6.45, 7) is 1.40. The second-order valence-electron chi connectivity index (χ2n) is 2.69. The lowest BCUT2D eigenvalue weighted by atomic mass is 10.1. The molecule has 0 aromatic rings. The molecule has 0 heterocycles. The van der Waals surface area contributed by atoms with Crippen LogP contribution < -0.4 is 0 Å².